The highest BCUT2D eigenvalue weighted by atomic mass is 32.1. The number of para-hydroxylation sites is 1. The molecule has 14 N–H and O–H groups in total. The van der Waals surface area contributed by atoms with Crippen molar-refractivity contribution in [3.05, 3.63) is 72.3 Å². The number of rotatable bonds is 25. The monoisotopic (exact) mass is 949 g/mol. The molecule has 21 nitrogen and oxygen atoms in total. The van der Waals surface area contributed by atoms with Gasteiger partial charge in [0.05, 0.1) is 6.54 Å². The molecule has 0 radical (unpaired) electrons. The number of primary amides is 1. The molecule has 0 aromatic heterocycles. The number of carbonyl (C=O) groups is 9. The zero-order chi connectivity index (χ0) is 49.2. The van der Waals surface area contributed by atoms with Gasteiger partial charge in [-0.1, -0.05) is 55.1 Å². The van der Waals surface area contributed by atoms with Gasteiger partial charge in [-0.05, 0) is 68.7 Å². The Hall–Kier alpha value is -6.52. The SMILES string of the molecule is C=C(C[C@H](NC(=O)[C@H](CS)NC(=O)[C@H](CCC(=O)O)NC(=O)[C@H](Cc1ccccc1)NC(=O)[C@H](CCCN)NC(=O)[C@@H]1CCCN1C(=O)[C@@H]1CCCN1C(=O)CN)C(N)=O)c1ccccc1N. The van der Waals surface area contributed by atoms with Gasteiger partial charge in [-0.2, -0.15) is 12.6 Å². The predicted octanol–water partition coefficient (Wildman–Crippen LogP) is -1.70. The van der Waals surface area contributed by atoms with Crippen molar-refractivity contribution in [3.8, 4) is 0 Å². The predicted molar refractivity (Wildman–Crippen MR) is 251 cm³/mol. The van der Waals surface area contributed by atoms with E-state index in [9.17, 15) is 48.3 Å². The Kier molecular flexibility index (Phi) is 20.6. The lowest BCUT2D eigenvalue weighted by Crippen LogP contribution is -2.60. The second-order valence-corrected chi connectivity index (χ2v) is 16.8. The highest BCUT2D eigenvalue weighted by molar-refractivity contribution is 7.80. The third-order valence-electron chi connectivity index (χ3n) is 11.7. The molecule has 2 aromatic rings. The number of nitrogens with one attached hydrogen (secondary N) is 5. The molecule has 67 heavy (non-hydrogen) atoms. The fourth-order valence-electron chi connectivity index (χ4n) is 8.07. The van der Waals surface area contributed by atoms with Crippen molar-refractivity contribution in [2.45, 2.75) is 107 Å². The van der Waals surface area contributed by atoms with Gasteiger partial charge in [-0.15, -0.1) is 0 Å². The molecule has 0 aliphatic carbocycles. The lowest BCUT2D eigenvalue weighted by Gasteiger charge is -2.31. The zero-order valence-corrected chi connectivity index (χ0v) is 38.2. The number of anilines is 1. The van der Waals surface area contributed by atoms with E-state index in [4.69, 9.17) is 22.9 Å². The van der Waals surface area contributed by atoms with E-state index < -0.39 is 96.5 Å². The third kappa shape index (κ3) is 15.3. The first-order chi connectivity index (χ1) is 32.0. The number of likely N-dealkylation sites (tertiary alicyclic amines) is 2. The summed E-state index contributed by atoms with van der Waals surface area (Å²) < 4.78 is 0. The van der Waals surface area contributed by atoms with E-state index >= 15 is 0 Å². The summed E-state index contributed by atoms with van der Waals surface area (Å²) in [6.45, 7) is 4.50. The Bertz CT molecular complexity index is 2130. The van der Waals surface area contributed by atoms with Crippen LogP contribution in [-0.2, 0) is 49.6 Å². The van der Waals surface area contributed by atoms with Crippen molar-refractivity contribution in [1.29, 1.82) is 0 Å². The van der Waals surface area contributed by atoms with E-state index in [1.807, 2.05) is 0 Å². The molecule has 7 atom stereocenters. The Morgan fingerprint density at radius 1 is 0.716 bits per heavy atom. The smallest absolute Gasteiger partial charge is 0.303 e. The number of nitrogens with zero attached hydrogens (tertiary/aromatic N) is 2. The Balaban J connectivity index is 1.51. The molecule has 0 bridgehead atoms. The molecule has 4 rings (SSSR count). The molecule has 2 aliphatic rings. The first-order valence-electron chi connectivity index (χ1n) is 22.2. The van der Waals surface area contributed by atoms with E-state index in [1.54, 1.807) is 54.6 Å². The molecule has 8 amide bonds. The summed E-state index contributed by atoms with van der Waals surface area (Å²) in [7, 11) is 0. The second-order valence-electron chi connectivity index (χ2n) is 16.5. The van der Waals surface area contributed by atoms with Gasteiger partial charge in [0.2, 0.25) is 47.3 Å². The maximum absolute atomic E-state index is 14.2. The summed E-state index contributed by atoms with van der Waals surface area (Å²) in [5, 5.41) is 22.5. The van der Waals surface area contributed by atoms with E-state index in [-0.39, 0.29) is 62.9 Å². The van der Waals surface area contributed by atoms with Crippen LogP contribution in [0.1, 0.15) is 68.9 Å². The lowest BCUT2D eigenvalue weighted by molar-refractivity contribution is -0.146. The molecular weight excluding hydrogens is 887 g/mol. The summed E-state index contributed by atoms with van der Waals surface area (Å²) >= 11 is 4.21. The van der Waals surface area contributed by atoms with Crippen LogP contribution >= 0.6 is 12.6 Å². The molecule has 0 unspecified atom stereocenters. The summed E-state index contributed by atoms with van der Waals surface area (Å²) in [5.74, 6) is -7.35. The number of hydrogen-bond acceptors (Lipinski definition) is 13. The van der Waals surface area contributed by atoms with Gasteiger partial charge in [-0.25, -0.2) is 0 Å². The van der Waals surface area contributed by atoms with Crippen molar-refractivity contribution in [1.82, 2.24) is 36.4 Å². The Labute approximate surface area is 394 Å². The van der Waals surface area contributed by atoms with Crippen LogP contribution in [0.2, 0.25) is 0 Å². The van der Waals surface area contributed by atoms with Gasteiger partial charge < -0.3 is 64.4 Å². The lowest BCUT2D eigenvalue weighted by atomic mass is 9.98. The largest absolute Gasteiger partial charge is 0.481 e. The van der Waals surface area contributed by atoms with Crippen molar-refractivity contribution in [2.75, 3.05) is 37.7 Å². The minimum Gasteiger partial charge on any atom is -0.481 e. The van der Waals surface area contributed by atoms with Gasteiger partial charge in [0.25, 0.3) is 0 Å². The molecular formula is C45H63N11O10S. The zero-order valence-electron chi connectivity index (χ0n) is 37.3. The summed E-state index contributed by atoms with van der Waals surface area (Å²) in [6.07, 6.45) is 0.921. The van der Waals surface area contributed by atoms with Crippen molar-refractivity contribution in [2.24, 2.45) is 17.2 Å². The molecule has 2 aliphatic heterocycles. The van der Waals surface area contributed by atoms with Crippen molar-refractivity contribution < 1.29 is 48.3 Å². The fraction of sp³-hybridized carbons (Fsp3) is 0.489. The van der Waals surface area contributed by atoms with Crippen LogP contribution in [0.15, 0.2) is 61.2 Å². The molecule has 2 aromatic carbocycles. The Morgan fingerprint density at radius 3 is 1.88 bits per heavy atom. The number of hydrogen-bond donors (Lipinski definition) is 11. The van der Waals surface area contributed by atoms with Gasteiger partial charge in [0, 0.05) is 49.4 Å². The molecule has 2 fully saturated rings. The van der Waals surface area contributed by atoms with Crippen LogP contribution in [-0.4, -0.2) is 142 Å². The first kappa shape index (κ1) is 53.1. The van der Waals surface area contributed by atoms with Gasteiger partial charge in [0.15, 0.2) is 0 Å². The molecule has 364 valence electrons. The van der Waals surface area contributed by atoms with Gasteiger partial charge in [-0.3, -0.25) is 43.2 Å². The minimum absolute atomic E-state index is 0.0533. The van der Waals surface area contributed by atoms with Crippen LogP contribution in [0.4, 0.5) is 5.69 Å². The number of benzene rings is 2. The standard InChI is InChI=1S/C45H63N11O10S/c1-26(28-12-5-6-13-29(28)48)22-32(39(49)60)52-43(64)34(25-67)54-41(62)31(17-18-38(58)59)50-42(63)33(23-27-10-3-2-4-11-27)53-40(61)30(14-7-19-46)51-44(65)35-15-8-21-56(35)45(66)36-16-9-20-55(36)37(57)24-47/h2-6,10-13,30-36,67H,1,7-9,14-25,46-48H2,(H2,49,60)(H,50,63)(H,51,65)(H,52,64)(H,53,61)(H,54,62)(H,58,59)/t30-,31-,32-,33-,34-,35-,36-/m0/s1. The Morgan fingerprint density at radius 2 is 1.27 bits per heavy atom. The highest BCUT2D eigenvalue weighted by Crippen LogP contribution is 2.26. The maximum Gasteiger partial charge on any atom is 0.303 e. The molecule has 0 spiro atoms. The number of nitrogens with two attached hydrogens (primary N) is 4. The normalized spacial score (nSPS) is 17.8. The minimum atomic E-state index is -1.56. The molecule has 2 saturated heterocycles. The van der Waals surface area contributed by atoms with Gasteiger partial charge in [0.1, 0.15) is 42.3 Å². The number of thiol groups is 1. The number of amides is 8. The van der Waals surface area contributed by atoms with Crippen LogP contribution in [0.5, 0.6) is 0 Å². The van der Waals surface area contributed by atoms with Gasteiger partial charge >= 0.3 is 5.97 Å². The number of carboxylic acids is 1. The van der Waals surface area contributed by atoms with Crippen molar-refractivity contribution in [3.63, 3.8) is 0 Å². The van der Waals surface area contributed by atoms with Crippen molar-refractivity contribution >= 4 is 77.1 Å². The average Bonchev–Trinajstić information content (AvgIpc) is 4.01. The van der Waals surface area contributed by atoms with Crippen LogP contribution in [0, 0.1) is 0 Å². The number of aliphatic carboxylic acids is 1. The number of carboxylic acid groups (broad SMARTS) is 1. The van der Waals surface area contributed by atoms with E-state index in [1.165, 1.54) is 9.80 Å². The first-order valence-corrected chi connectivity index (χ1v) is 22.8. The molecule has 0 saturated carbocycles. The van der Waals surface area contributed by atoms with E-state index in [0.717, 1.165) is 0 Å². The average molecular weight is 950 g/mol. The van der Waals surface area contributed by atoms with Crippen LogP contribution in [0.25, 0.3) is 5.57 Å². The summed E-state index contributed by atoms with van der Waals surface area (Å²) in [4.78, 5) is 123. The maximum atomic E-state index is 14.2. The highest BCUT2D eigenvalue weighted by Gasteiger charge is 2.43. The number of carbonyl (C=O) groups excluding carboxylic acids is 8. The second kappa shape index (κ2) is 26.0. The molecule has 2 heterocycles. The fourth-order valence-corrected chi connectivity index (χ4v) is 8.33. The van der Waals surface area contributed by atoms with E-state index in [0.29, 0.717) is 54.6 Å². The summed E-state index contributed by atoms with van der Waals surface area (Å²) in [6, 6.07) is 6.77. The van der Waals surface area contributed by atoms with Crippen LogP contribution < -0.4 is 49.5 Å². The summed E-state index contributed by atoms with van der Waals surface area (Å²) in [5.41, 5.74) is 25.0. The topological polar surface area (TPSA) is 345 Å². The van der Waals surface area contributed by atoms with Crippen LogP contribution in [0.3, 0.4) is 0 Å². The van der Waals surface area contributed by atoms with E-state index in [2.05, 4.69) is 45.8 Å². The molecule has 22 heteroatoms. The quantitative estimate of drug-likeness (QED) is 0.0391. The third-order valence-corrected chi connectivity index (χ3v) is 12.0. The number of nitrogen functional groups attached to an aromatic ring is 1.